The standard InChI is InChI=1S/C14H22N4OS/c19-13(17-14-16-7-8-20-14)10-18(12-1-2-12)9-11-3-5-15-6-4-11/h7-8,11-12,15H,1-6,9-10H2,(H,16,17,19). The van der Waals surface area contributed by atoms with Gasteiger partial charge >= 0.3 is 0 Å². The van der Waals surface area contributed by atoms with Crippen LogP contribution in [0.5, 0.6) is 0 Å². The highest BCUT2D eigenvalue weighted by Gasteiger charge is 2.32. The molecule has 0 radical (unpaired) electrons. The van der Waals surface area contributed by atoms with Crippen LogP contribution in [0, 0.1) is 5.92 Å². The molecule has 2 heterocycles. The lowest BCUT2D eigenvalue weighted by Gasteiger charge is -2.29. The summed E-state index contributed by atoms with van der Waals surface area (Å²) in [5.74, 6) is 0.810. The fraction of sp³-hybridized carbons (Fsp3) is 0.714. The van der Waals surface area contributed by atoms with Crippen LogP contribution in [0.1, 0.15) is 25.7 Å². The van der Waals surface area contributed by atoms with Crippen LogP contribution in [0.25, 0.3) is 0 Å². The number of anilines is 1. The minimum Gasteiger partial charge on any atom is -0.317 e. The van der Waals surface area contributed by atoms with Crippen molar-refractivity contribution in [3.63, 3.8) is 0 Å². The fourth-order valence-electron chi connectivity index (χ4n) is 2.81. The van der Waals surface area contributed by atoms with Gasteiger partial charge in [0.05, 0.1) is 6.54 Å². The first-order chi connectivity index (χ1) is 9.81. The summed E-state index contributed by atoms with van der Waals surface area (Å²) in [5.41, 5.74) is 0. The molecular weight excluding hydrogens is 272 g/mol. The summed E-state index contributed by atoms with van der Waals surface area (Å²) < 4.78 is 0. The molecule has 1 aromatic rings. The maximum atomic E-state index is 12.1. The summed E-state index contributed by atoms with van der Waals surface area (Å²) in [7, 11) is 0. The first-order valence-corrected chi connectivity index (χ1v) is 8.33. The Morgan fingerprint density at radius 2 is 2.20 bits per heavy atom. The van der Waals surface area contributed by atoms with Crippen LogP contribution in [0.15, 0.2) is 11.6 Å². The van der Waals surface area contributed by atoms with Crippen molar-refractivity contribution in [3.05, 3.63) is 11.6 Å². The van der Waals surface area contributed by atoms with Crippen molar-refractivity contribution in [1.82, 2.24) is 15.2 Å². The Hall–Kier alpha value is -0.980. The highest BCUT2D eigenvalue weighted by atomic mass is 32.1. The van der Waals surface area contributed by atoms with Gasteiger partial charge in [-0.15, -0.1) is 11.3 Å². The Bertz CT molecular complexity index is 426. The molecule has 0 spiro atoms. The third-order valence-corrected chi connectivity index (χ3v) is 4.73. The van der Waals surface area contributed by atoms with Crippen molar-refractivity contribution in [2.75, 3.05) is 31.5 Å². The van der Waals surface area contributed by atoms with Gasteiger partial charge in [0.2, 0.25) is 5.91 Å². The third-order valence-electron chi connectivity index (χ3n) is 4.04. The highest BCUT2D eigenvalue weighted by Crippen LogP contribution is 2.28. The molecule has 0 aromatic carbocycles. The van der Waals surface area contributed by atoms with Crippen molar-refractivity contribution in [3.8, 4) is 0 Å². The van der Waals surface area contributed by atoms with Gasteiger partial charge in [-0.1, -0.05) is 0 Å². The number of nitrogens with zero attached hydrogens (tertiary/aromatic N) is 2. The van der Waals surface area contributed by atoms with Crippen molar-refractivity contribution in [1.29, 1.82) is 0 Å². The highest BCUT2D eigenvalue weighted by molar-refractivity contribution is 7.13. The Kier molecular flexibility index (Phi) is 4.65. The molecule has 0 atom stereocenters. The van der Waals surface area contributed by atoms with Crippen LogP contribution in [0.2, 0.25) is 0 Å². The SMILES string of the molecule is O=C(CN(CC1CCNCC1)C1CC1)Nc1nccs1. The normalized spacial score (nSPS) is 20.2. The van der Waals surface area contributed by atoms with Crippen LogP contribution in [0.3, 0.4) is 0 Å². The van der Waals surface area contributed by atoms with E-state index in [1.807, 2.05) is 5.38 Å². The van der Waals surface area contributed by atoms with Crippen molar-refractivity contribution >= 4 is 22.4 Å². The van der Waals surface area contributed by atoms with E-state index in [0.29, 0.717) is 17.7 Å². The number of piperidine rings is 1. The van der Waals surface area contributed by atoms with Gasteiger partial charge in [-0.05, 0) is 44.7 Å². The number of hydrogen-bond acceptors (Lipinski definition) is 5. The Labute approximate surface area is 123 Å². The number of rotatable bonds is 6. The van der Waals surface area contributed by atoms with Crippen molar-refractivity contribution < 1.29 is 4.79 Å². The van der Waals surface area contributed by atoms with E-state index in [1.54, 1.807) is 6.20 Å². The molecule has 1 saturated carbocycles. The van der Waals surface area contributed by atoms with E-state index in [1.165, 1.54) is 37.0 Å². The van der Waals surface area contributed by atoms with Gasteiger partial charge in [0.15, 0.2) is 5.13 Å². The van der Waals surface area contributed by atoms with Gasteiger partial charge in [0.1, 0.15) is 0 Å². The number of nitrogens with one attached hydrogen (secondary N) is 2. The van der Waals surface area contributed by atoms with E-state index in [0.717, 1.165) is 25.6 Å². The molecule has 1 aliphatic carbocycles. The second-order valence-electron chi connectivity index (χ2n) is 5.74. The number of thiazole rings is 1. The van der Waals surface area contributed by atoms with Crippen LogP contribution in [-0.4, -0.2) is 48.0 Å². The quantitative estimate of drug-likeness (QED) is 0.836. The predicted molar refractivity (Wildman–Crippen MR) is 80.9 cm³/mol. The molecule has 1 saturated heterocycles. The first kappa shape index (κ1) is 14.0. The summed E-state index contributed by atoms with van der Waals surface area (Å²) in [4.78, 5) is 18.6. The number of carbonyl (C=O) groups is 1. The number of hydrogen-bond donors (Lipinski definition) is 2. The maximum absolute atomic E-state index is 12.1. The van der Waals surface area contributed by atoms with Gasteiger partial charge in [-0.2, -0.15) is 0 Å². The average Bonchev–Trinajstić information content (AvgIpc) is 3.18. The lowest BCUT2D eigenvalue weighted by molar-refractivity contribution is -0.117. The fourth-order valence-corrected chi connectivity index (χ4v) is 3.35. The summed E-state index contributed by atoms with van der Waals surface area (Å²) >= 11 is 1.47. The zero-order chi connectivity index (χ0) is 13.8. The van der Waals surface area contributed by atoms with Crippen LogP contribution in [0.4, 0.5) is 5.13 Å². The summed E-state index contributed by atoms with van der Waals surface area (Å²) in [6, 6.07) is 0.631. The van der Waals surface area contributed by atoms with Crippen LogP contribution >= 0.6 is 11.3 Å². The Morgan fingerprint density at radius 3 is 2.85 bits per heavy atom. The van der Waals surface area contributed by atoms with E-state index in [9.17, 15) is 4.79 Å². The lowest BCUT2D eigenvalue weighted by Crippen LogP contribution is -2.41. The topological polar surface area (TPSA) is 57.3 Å². The molecule has 1 amide bonds. The van der Waals surface area contributed by atoms with Crippen LogP contribution < -0.4 is 10.6 Å². The van der Waals surface area contributed by atoms with Gasteiger partial charge in [0, 0.05) is 24.2 Å². The second kappa shape index (κ2) is 6.65. The molecule has 2 aliphatic rings. The Balaban J connectivity index is 1.50. The minimum atomic E-state index is 0.0702. The second-order valence-corrected chi connectivity index (χ2v) is 6.63. The summed E-state index contributed by atoms with van der Waals surface area (Å²) in [6.07, 6.45) is 6.67. The lowest BCUT2D eigenvalue weighted by atomic mass is 9.97. The van der Waals surface area contributed by atoms with E-state index in [4.69, 9.17) is 0 Å². The number of amides is 1. The molecule has 2 fully saturated rings. The van der Waals surface area contributed by atoms with Gasteiger partial charge in [-0.25, -0.2) is 4.98 Å². The van der Waals surface area contributed by atoms with E-state index in [2.05, 4.69) is 20.5 Å². The molecular formula is C14H22N4OS. The molecule has 0 bridgehead atoms. The van der Waals surface area contributed by atoms with E-state index in [-0.39, 0.29) is 5.91 Å². The molecule has 0 unspecified atom stereocenters. The molecule has 2 N–H and O–H groups in total. The molecule has 3 rings (SSSR count). The number of aromatic nitrogens is 1. The zero-order valence-electron chi connectivity index (χ0n) is 11.7. The van der Waals surface area contributed by atoms with Gasteiger partial charge in [0.25, 0.3) is 0 Å². The van der Waals surface area contributed by atoms with E-state index >= 15 is 0 Å². The Morgan fingerprint density at radius 1 is 1.40 bits per heavy atom. The molecule has 110 valence electrons. The minimum absolute atomic E-state index is 0.0702. The van der Waals surface area contributed by atoms with Crippen LogP contribution in [-0.2, 0) is 4.79 Å². The van der Waals surface area contributed by atoms with Crippen molar-refractivity contribution in [2.45, 2.75) is 31.7 Å². The number of carbonyl (C=O) groups excluding carboxylic acids is 1. The molecule has 6 heteroatoms. The largest absolute Gasteiger partial charge is 0.317 e. The maximum Gasteiger partial charge on any atom is 0.240 e. The molecule has 1 aromatic heterocycles. The summed E-state index contributed by atoms with van der Waals surface area (Å²) in [6.45, 7) is 3.81. The predicted octanol–water partition coefficient (Wildman–Crippen LogP) is 1.55. The van der Waals surface area contributed by atoms with Gasteiger partial charge in [-0.3, -0.25) is 9.69 Å². The molecule has 5 nitrogen and oxygen atoms in total. The average molecular weight is 294 g/mol. The smallest absolute Gasteiger partial charge is 0.240 e. The van der Waals surface area contributed by atoms with Gasteiger partial charge < -0.3 is 10.6 Å². The first-order valence-electron chi connectivity index (χ1n) is 7.45. The zero-order valence-corrected chi connectivity index (χ0v) is 12.5. The third kappa shape index (κ3) is 4.01. The molecule has 20 heavy (non-hydrogen) atoms. The monoisotopic (exact) mass is 294 g/mol. The molecule has 1 aliphatic heterocycles. The van der Waals surface area contributed by atoms with E-state index < -0.39 is 0 Å². The van der Waals surface area contributed by atoms with Crippen molar-refractivity contribution in [2.24, 2.45) is 5.92 Å². The summed E-state index contributed by atoms with van der Waals surface area (Å²) in [5, 5.41) is 8.87.